The zero-order valence-electron chi connectivity index (χ0n) is 12.9. The van der Waals surface area contributed by atoms with Crippen molar-refractivity contribution in [3.63, 3.8) is 0 Å². The normalized spacial score (nSPS) is 16.0. The molecule has 0 unspecified atom stereocenters. The number of aromatic nitrogens is 1. The Bertz CT molecular complexity index is 1010. The molecule has 1 heterocycles. The first-order valence-electron chi connectivity index (χ1n) is 7.69. The summed E-state index contributed by atoms with van der Waals surface area (Å²) in [4.78, 5) is 13.5. The molecule has 0 saturated carbocycles. The largest absolute Gasteiger partial charge is 0.492 e. The maximum atomic E-state index is 11.3. The Kier molecular flexibility index (Phi) is 3.98. The van der Waals surface area contributed by atoms with Crippen molar-refractivity contribution in [1.82, 2.24) is 4.98 Å². The number of oxazole rings is 1. The monoisotopic (exact) mass is 377 g/mol. The molecule has 0 radical (unpaired) electrons. The number of halogens is 2. The second-order valence-electron chi connectivity index (χ2n) is 5.86. The summed E-state index contributed by atoms with van der Waals surface area (Å²) in [5, 5.41) is 10.8. The molecule has 2 aromatic carbocycles. The van der Waals surface area contributed by atoms with E-state index >= 15 is 0 Å². The summed E-state index contributed by atoms with van der Waals surface area (Å²) in [5.41, 5.74) is 2.09. The van der Waals surface area contributed by atoms with Crippen molar-refractivity contribution in [2.75, 3.05) is 0 Å². The number of H-pyrrole nitrogens is 1. The van der Waals surface area contributed by atoms with Gasteiger partial charge in [0.05, 0.1) is 5.02 Å². The van der Waals surface area contributed by atoms with Gasteiger partial charge in [-0.05, 0) is 54.3 Å². The molecular formula is C18H13Cl2NO4. The third-order valence-corrected chi connectivity index (χ3v) is 4.82. The van der Waals surface area contributed by atoms with E-state index in [0.29, 0.717) is 21.5 Å². The first kappa shape index (κ1) is 16.1. The summed E-state index contributed by atoms with van der Waals surface area (Å²) < 4.78 is 10.9. The Balaban J connectivity index is 1.63. The molecule has 3 aromatic rings. The maximum Gasteiger partial charge on any atom is 0.419 e. The average molecular weight is 378 g/mol. The van der Waals surface area contributed by atoms with Crippen LogP contribution in [0.4, 0.5) is 0 Å². The van der Waals surface area contributed by atoms with Gasteiger partial charge in [-0.1, -0.05) is 29.3 Å². The second kappa shape index (κ2) is 6.17. The molecule has 0 fully saturated rings. The number of aromatic hydroxyl groups is 1. The quantitative estimate of drug-likeness (QED) is 0.683. The zero-order valence-corrected chi connectivity index (χ0v) is 14.4. The molecule has 7 heteroatoms. The minimum atomic E-state index is -0.654. The summed E-state index contributed by atoms with van der Waals surface area (Å²) in [6, 6.07) is 10.7. The number of hydrogen-bond acceptors (Lipinski definition) is 4. The van der Waals surface area contributed by atoms with Gasteiger partial charge in [0.1, 0.15) is 11.5 Å². The molecule has 0 bridgehead atoms. The number of rotatable bonds is 3. The average Bonchev–Trinajstić information content (AvgIpc) is 3.12. The van der Waals surface area contributed by atoms with Crippen molar-refractivity contribution < 1.29 is 14.3 Å². The summed E-state index contributed by atoms with van der Waals surface area (Å²) >= 11 is 12.0. The highest BCUT2D eigenvalue weighted by atomic mass is 35.5. The number of ether oxygens (including phenoxy) is 1. The lowest BCUT2D eigenvalue weighted by Crippen LogP contribution is -1.97. The summed E-state index contributed by atoms with van der Waals surface area (Å²) in [5.74, 6) is 0.438. The van der Waals surface area contributed by atoms with Gasteiger partial charge < -0.3 is 14.3 Å². The molecule has 1 aliphatic carbocycles. The van der Waals surface area contributed by atoms with Gasteiger partial charge in [0.15, 0.2) is 5.76 Å². The van der Waals surface area contributed by atoms with Gasteiger partial charge in [-0.2, -0.15) is 0 Å². The van der Waals surface area contributed by atoms with E-state index in [1.165, 1.54) is 0 Å². The summed E-state index contributed by atoms with van der Waals surface area (Å²) in [6.45, 7) is 0. The summed E-state index contributed by atoms with van der Waals surface area (Å²) in [6.07, 6.45) is 1.54. The molecule has 0 spiro atoms. The predicted octanol–water partition coefficient (Wildman–Crippen LogP) is 4.85. The summed E-state index contributed by atoms with van der Waals surface area (Å²) in [7, 11) is 0. The minimum absolute atomic E-state index is 0.151. The first-order valence-corrected chi connectivity index (χ1v) is 8.44. The van der Waals surface area contributed by atoms with Gasteiger partial charge in [-0.25, -0.2) is 4.79 Å². The van der Waals surface area contributed by atoms with E-state index in [0.717, 1.165) is 24.0 Å². The standard InChI is InChI=1S/C18H13Cl2NO4/c19-10-2-6-15(14(20)8-10)24-11-3-5-12-9(7-11)1-4-13(12)16-17(22)21-18(23)25-16/h2-3,5-8,13,22H,1,4H2,(H,21,23)/t13-/m1/s1. The minimum Gasteiger partial charge on any atom is -0.492 e. The maximum absolute atomic E-state index is 11.3. The molecule has 0 aliphatic heterocycles. The van der Waals surface area contributed by atoms with E-state index in [1.807, 2.05) is 18.2 Å². The van der Waals surface area contributed by atoms with Crippen LogP contribution in [0.1, 0.15) is 29.2 Å². The van der Waals surface area contributed by atoms with E-state index in [2.05, 4.69) is 4.98 Å². The Morgan fingerprint density at radius 2 is 2.04 bits per heavy atom. The topological polar surface area (TPSA) is 75.5 Å². The molecule has 5 nitrogen and oxygen atoms in total. The van der Waals surface area contributed by atoms with E-state index < -0.39 is 5.76 Å². The predicted molar refractivity (Wildman–Crippen MR) is 94.1 cm³/mol. The fraction of sp³-hybridized carbons (Fsp3) is 0.167. The molecule has 128 valence electrons. The van der Waals surface area contributed by atoms with Crippen LogP contribution in [0.15, 0.2) is 45.6 Å². The van der Waals surface area contributed by atoms with Crippen molar-refractivity contribution in [3.8, 4) is 17.4 Å². The van der Waals surface area contributed by atoms with Crippen LogP contribution in [0.3, 0.4) is 0 Å². The SMILES string of the molecule is O=c1[nH]c(O)c([C@@H]2CCc3cc(Oc4ccc(Cl)cc4Cl)ccc32)o1. The fourth-order valence-corrected chi connectivity index (χ4v) is 3.63. The Morgan fingerprint density at radius 1 is 1.20 bits per heavy atom. The number of nitrogens with one attached hydrogen (secondary N) is 1. The van der Waals surface area contributed by atoms with Gasteiger partial charge in [0, 0.05) is 10.9 Å². The van der Waals surface area contributed by atoms with Crippen molar-refractivity contribution in [1.29, 1.82) is 0 Å². The van der Waals surface area contributed by atoms with Crippen LogP contribution in [0, 0.1) is 0 Å². The number of hydrogen-bond donors (Lipinski definition) is 2. The van der Waals surface area contributed by atoms with Crippen molar-refractivity contribution in [3.05, 3.63) is 73.9 Å². The van der Waals surface area contributed by atoms with Crippen LogP contribution in [-0.4, -0.2) is 10.1 Å². The highest BCUT2D eigenvalue weighted by Gasteiger charge is 2.30. The highest BCUT2D eigenvalue weighted by Crippen LogP contribution is 2.42. The molecule has 0 amide bonds. The van der Waals surface area contributed by atoms with Gasteiger partial charge in [-0.3, -0.25) is 4.98 Å². The van der Waals surface area contributed by atoms with Crippen molar-refractivity contribution >= 4 is 23.2 Å². The van der Waals surface area contributed by atoms with Crippen LogP contribution in [0.5, 0.6) is 17.4 Å². The highest BCUT2D eigenvalue weighted by molar-refractivity contribution is 6.35. The lowest BCUT2D eigenvalue weighted by atomic mass is 9.99. The lowest BCUT2D eigenvalue weighted by molar-refractivity contribution is 0.407. The van der Waals surface area contributed by atoms with E-state index in [4.69, 9.17) is 32.4 Å². The van der Waals surface area contributed by atoms with Crippen LogP contribution in [0.2, 0.25) is 10.0 Å². The number of benzene rings is 2. The molecule has 1 aromatic heterocycles. The van der Waals surface area contributed by atoms with Crippen LogP contribution in [-0.2, 0) is 6.42 Å². The lowest BCUT2D eigenvalue weighted by Gasteiger charge is -2.11. The number of aryl methyl sites for hydroxylation is 1. The van der Waals surface area contributed by atoms with Gasteiger partial charge >= 0.3 is 5.76 Å². The molecule has 4 rings (SSSR count). The van der Waals surface area contributed by atoms with E-state index in [-0.39, 0.29) is 17.6 Å². The van der Waals surface area contributed by atoms with E-state index in [1.54, 1.807) is 18.2 Å². The van der Waals surface area contributed by atoms with Gasteiger partial charge in [0.25, 0.3) is 0 Å². The number of aromatic amines is 1. The van der Waals surface area contributed by atoms with E-state index in [9.17, 15) is 9.90 Å². The van der Waals surface area contributed by atoms with Crippen molar-refractivity contribution in [2.45, 2.75) is 18.8 Å². The fourth-order valence-electron chi connectivity index (χ4n) is 3.18. The van der Waals surface area contributed by atoms with Crippen LogP contribution in [0.25, 0.3) is 0 Å². The molecule has 1 aliphatic rings. The van der Waals surface area contributed by atoms with Crippen LogP contribution >= 0.6 is 23.2 Å². The zero-order chi connectivity index (χ0) is 17.6. The van der Waals surface area contributed by atoms with Gasteiger partial charge in [0.2, 0.25) is 5.88 Å². The third kappa shape index (κ3) is 3.01. The second-order valence-corrected chi connectivity index (χ2v) is 6.70. The molecule has 0 saturated heterocycles. The molecule has 25 heavy (non-hydrogen) atoms. The smallest absolute Gasteiger partial charge is 0.419 e. The Labute approximate surface area is 152 Å². The van der Waals surface area contributed by atoms with Gasteiger partial charge in [-0.15, -0.1) is 0 Å². The first-order chi connectivity index (χ1) is 12.0. The molecular weight excluding hydrogens is 365 g/mol. The molecule has 2 N–H and O–H groups in total. The number of fused-ring (bicyclic) bond motifs is 1. The van der Waals surface area contributed by atoms with Crippen molar-refractivity contribution in [2.24, 2.45) is 0 Å². The Hall–Kier alpha value is -2.37. The third-order valence-electron chi connectivity index (χ3n) is 4.29. The molecule has 1 atom stereocenters. The Morgan fingerprint density at radius 3 is 2.76 bits per heavy atom. The van der Waals surface area contributed by atoms with Crippen LogP contribution < -0.4 is 10.5 Å².